The zero-order valence-electron chi connectivity index (χ0n) is 8.12. The van der Waals surface area contributed by atoms with Crippen molar-refractivity contribution in [2.75, 3.05) is 0 Å². The first-order valence-electron chi connectivity index (χ1n) is 5.03. The van der Waals surface area contributed by atoms with E-state index >= 15 is 0 Å². The van der Waals surface area contributed by atoms with E-state index in [0.717, 1.165) is 12.0 Å². The first-order valence-corrected chi connectivity index (χ1v) is 5.91. The van der Waals surface area contributed by atoms with Gasteiger partial charge >= 0.3 is 0 Å². The number of rotatable bonds is 2. The highest BCUT2D eigenvalue weighted by atomic mass is 32.1. The number of terminal acetylenes is 1. The number of fused-ring (bicyclic) bond motifs is 1. The molecule has 0 amide bonds. The normalized spacial score (nSPS) is 17.1. The first-order chi connectivity index (χ1) is 6.83. The van der Waals surface area contributed by atoms with Crippen molar-refractivity contribution >= 4 is 11.3 Å². The van der Waals surface area contributed by atoms with Crippen molar-refractivity contribution < 1.29 is 5.11 Å². The molecule has 1 aliphatic carbocycles. The Morgan fingerprint density at radius 2 is 2.29 bits per heavy atom. The first kappa shape index (κ1) is 9.76. The van der Waals surface area contributed by atoms with E-state index in [1.807, 2.05) is 0 Å². The van der Waals surface area contributed by atoms with E-state index in [9.17, 15) is 5.11 Å². The quantitative estimate of drug-likeness (QED) is 0.738. The van der Waals surface area contributed by atoms with E-state index in [-0.39, 0.29) is 0 Å². The summed E-state index contributed by atoms with van der Waals surface area (Å²) < 4.78 is 0. The number of hydrogen-bond donors (Lipinski definition) is 1. The Labute approximate surface area is 88.8 Å². The zero-order valence-corrected chi connectivity index (χ0v) is 8.94. The lowest BCUT2D eigenvalue weighted by Gasteiger charge is -2.14. The lowest BCUT2D eigenvalue weighted by Crippen LogP contribution is -2.04. The third-order valence-electron chi connectivity index (χ3n) is 2.76. The third kappa shape index (κ3) is 1.70. The summed E-state index contributed by atoms with van der Waals surface area (Å²) in [7, 11) is 0. The molecule has 0 aromatic carbocycles. The molecule has 0 bridgehead atoms. The van der Waals surface area contributed by atoms with Gasteiger partial charge in [0.05, 0.1) is 6.10 Å². The molecular weight excluding hydrogens is 192 g/mol. The van der Waals surface area contributed by atoms with Crippen LogP contribution in [0.4, 0.5) is 0 Å². The van der Waals surface area contributed by atoms with Crippen LogP contribution in [-0.4, -0.2) is 5.11 Å². The van der Waals surface area contributed by atoms with Gasteiger partial charge in [0.15, 0.2) is 0 Å². The summed E-state index contributed by atoms with van der Waals surface area (Å²) in [5.41, 5.74) is 2.46. The van der Waals surface area contributed by atoms with Crippen LogP contribution in [-0.2, 0) is 12.8 Å². The largest absolute Gasteiger partial charge is 0.387 e. The number of aryl methyl sites for hydroxylation is 1. The fourth-order valence-corrected chi connectivity index (χ4v) is 3.21. The molecule has 74 valence electrons. The van der Waals surface area contributed by atoms with E-state index in [0.29, 0.717) is 6.42 Å². The van der Waals surface area contributed by atoms with Gasteiger partial charge in [-0.3, -0.25) is 0 Å². The summed E-state index contributed by atoms with van der Waals surface area (Å²) in [6.07, 6.45) is 10.0. The molecule has 1 aromatic rings. The summed E-state index contributed by atoms with van der Waals surface area (Å²) in [5.74, 6) is 2.52. The third-order valence-corrected chi connectivity index (χ3v) is 3.87. The van der Waals surface area contributed by atoms with Gasteiger partial charge in [0.2, 0.25) is 0 Å². The highest BCUT2D eigenvalue weighted by Gasteiger charge is 2.19. The molecule has 1 nitrogen and oxygen atoms in total. The molecular formula is C12H14OS. The molecule has 0 saturated carbocycles. The zero-order chi connectivity index (χ0) is 9.97. The summed E-state index contributed by atoms with van der Waals surface area (Å²) >= 11 is 1.78. The maximum absolute atomic E-state index is 9.83. The Bertz CT molecular complexity index is 359. The standard InChI is InChI=1S/C12H14OS/c1-2-5-11(13)10-8-14-12-7-4-3-6-9(10)12/h1,8,11,13H,3-7H2. The molecule has 1 unspecified atom stereocenters. The van der Waals surface area contributed by atoms with Crippen molar-refractivity contribution in [1.29, 1.82) is 0 Å². The van der Waals surface area contributed by atoms with Gasteiger partial charge in [-0.1, -0.05) is 0 Å². The van der Waals surface area contributed by atoms with Crippen molar-refractivity contribution in [2.45, 2.75) is 38.2 Å². The van der Waals surface area contributed by atoms with Gasteiger partial charge in [-0.05, 0) is 42.2 Å². The minimum Gasteiger partial charge on any atom is -0.387 e. The van der Waals surface area contributed by atoms with Crippen LogP contribution in [0.15, 0.2) is 5.38 Å². The Balaban J connectivity index is 2.26. The van der Waals surface area contributed by atoms with Crippen LogP contribution < -0.4 is 0 Å². The average molecular weight is 206 g/mol. The topological polar surface area (TPSA) is 20.2 Å². The highest BCUT2D eigenvalue weighted by molar-refractivity contribution is 7.10. The molecule has 1 atom stereocenters. The molecule has 14 heavy (non-hydrogen) atoms. The Morgan fingerprint density at radius 1 is 1.50 bits per heavy atom. The fraction of sp³-hybridized carbons (Fsp3) is 0.500. The van der Waals surface area contributed by atoms with Gasteiger partial charge in [0.1, 0.15) is 0 Å². The predicted octanol–water partition coefficient (Wildman–Crippen LogP) is 2.68. The number of thiophene rings is 1. The van der Waals surface area contributed by atoms with Gasteiger partial charge in [-0.15, -0.1) is 23.7 Å². The predicted molar refractivity (Wildman–Crippen MR) is 59.4 cm³/mol. The number of aliphatic hydroxyl groups is 1. The minimum atomic E-state index is -0.446. The summed E-state index contributed by atoms with van der Waals surface area (Å²) in [6, 6.07) is 0. The Morgan fingerprint density at radius 3 is 3.07 bits per heavy atom. The van der Waals surface area contributed by atoms with Crippen molar-refractivity contribution in [3.63, 3.8) is 0 Å². The fourth-order valence-electron chi connectivity index (χ4n) is 2.02. The summed E-state index contributed by atoms with van der Waals surface area (Å²) in [6.45, 7) is 0. The monoisotopic (exact) mass is 206 g/mol. The Hall–Kier alpha value is -0.780. The van der Waals surface area contributed by atoms with Gasteiger partial charge in [0.25, 0.3) is 0 Å². The molecule has 0 spiro atoms. The van der Waals surface area contributed by atoms with Gasteiger partial charge < -0.3 is 5.11 Å². The number of aliphatic hydroxyl groups excluding tert-OH is 1. The van der Waals surface area contributed by atoms with Crippen LogP contribution in [0.25, 0.3) is 0 Å². The molecule has 1 heterocycles. The van der Waals surface area contributed by atoms with Crippen LogP contribution in [0.3, 0.4) is 0 Å². The van der Waals surface area contributed by atoms with E-state index in [2.05, 4.69) is 11.3 Å². The summed E-state index contributed by atoms with van der Waals surface area (Å²) in [5, 5.41) is 11.9. The average Bonchev–Trinajstić information content (AvgIpc) is 2.61. The van der Waals surface area contributed by atoms with E-state index in [1.165, 1.54) is 29.7 Å². The smallest absolute Gasteiger partial charge is 0.0909 e. The molecule has 0 radical (unpaired) electrons. The molecule has 1 aromatic heterocycles. The van der Waals surface area contributed by atoms with E-state index < -0.39 is 6.10 Å². The van der Waals surface area contributed by atoms with E-state index in [1.54, 1.807) is 11.3 Å². The van der Waals surface area contributed by atoms with Gasteiger partial charge in [-0.2, -0.15) is 0 Å². The second kappa shape index (κ2) is 4.16. The van der Waals surface area contributed by atoms with Crippen molar-refractivity contribution in [1.82, 2.24) is 0 Å². The molecule has 2 rings (SSSR count). The summed E-state index contributed by atoms with van der Waals surface area (Å²) in [4.78, 5) is 1.46. The minimum absolute atomic E-state index is 0.434. The molecule has 0 aliphatic heterocycles. The maximum atomic E-state index is 9.83. The van der Waals surface area contributed by atoms with Crippen LogP contribution in [0.5, 0.6) is 0 Å². The number of hydrogen-bond acceptors (Lipinski definition) is 2. The van der Waals surface area contributed by atoms with Crippen LogP contribution in [0, 0.1) is 12.3 Å². The molecule has 1 N–H and O–H groups in total. The lowest BCUT2D eigenvalue weighted by atomic mass is 9.93. The highest BCUT2D eigenvalue weighted by Crippen LogP contribution is 2.34. The SMILES string of the molecule is C#CCC(O)c1csc2c1CCCC2. The molecule has 1 aliphatic rings. The van der Waals surface area contributed by atoms with Crippen LogP contribution in [0.2, 0.25) is 0 Å². The molecule has 0 saturated heterocycles. The second-order valence-corrected chi connectivity index (χ2v) is 4.69. The van der Waals surface area contributed by atoms with Crippen molar-refractivity contribution in [3.8, 4) is 12.3 Å². The van der Waals surface area contributed by atoms with E-state index in [4.69, 9.17) is 6.42 Å². The van der Waals surface area contributed by atoms with Crippen molar-refractivity contribution in [2.24, 2.45) is 0 Å². The molecule has 2 heteroatoms. The second-order valence-electron chi connectivity index (χ2n) is 3.72. The Kier molecular flexibility index (Phi) is 2.90. The van der Waals surface area contributed by atoms with Crippen LogP contribution >= 0.6 is 11.3 Å². The molecule has 0 fully saturated rings. The van der Waals surface area contributed by atoms with Gasteiger partial charge in [-0.25, -0.2) is 0 Å². The maximum Gasteiger partial charge on any atom is 0.0909 e. The van der Waals surface area contributed by atoms with Crippen LogP contribution in [0.1, 0.15) is 41.4 Å². The van der Waals surface area contributed by atoms with Crippen molar-refractivity contribution in [3.05, 3.63) is 21.4 Å². The lowest BCUT2D eigenvalue weighted by molar-refractivity contribution is 0.183. The van der Waals surface area contributed by atoms with Gasteiger partial charge in [0, 0.05) is 11.3 Å².